The van der Waals surface area contributed by atoms with Crippen LogP contribution in [0.1, 0.15) is 30.5 Å². The molecule has 2 rings (SSSR count). The van der Waals surface area contributed by atoms with Crippen molar-refractivity contribution >= 4 is 53.0 Å². The third-order valence-electron chi connectivity index (χ3n) is 4.00. The lowest BCUT2D eigenvalue weighted by molar-refractivity contribution is 0.0782. The second-order valence-corrected chi connectivity index (χ2v) is 8.48. The van der Waals surface area contributed by atoms with Crippen LogP contribution in [0.15, 0.2) is 10.4 Å². The van der Waals surface area contributed by atoms with Gasteiger partial charge in [0.05, 0.1) is 10.7 Å². The van der Waals surface area contributed by atoms with Gasteiger partial charge in [0.25, 0.3) is 0 Å². The first kappa shape index (κ1) is 22.0. The van der Waals surface area contributed by atoms with E-state index in [2.05, 4.69) is 32.9 Å². The smallest absolute Gasteiger partial charge is 0.191 e. The molecule has 138 valence electrons. The molecule has 24 heavy (non-hydrogen) atoms. The maximum atomic E-state index is 5.53. The number of aliphatic imine (C=N–C) groups is 1. The maximum absolute atomic E-state index is 5.53. The number of nitrogens with one attached hydrogen (secondary N) is 2. The largest absolute Gasteiger partial charge is 0.381 e. The number of rotatable bonds is 7. The van der Waals surface area contributed by atoms with E-state index >= 15 is 0 Å². The van der Waals surface area contributed by atoms with Crippen molar-refractivity contribution in [1.82, 2.24) is 15.6 Å². The molecule has 1 aromatic rings. The molecule has 1 fully saturated rings. The van der Waals surface area contributed by atoms with E-state index < -0.39 is 0 Å². The van der Waals surface area contributed by atoms with Gasteiger partial charge in [-0.1, -0.05) is 6.92 Å². The maximum Gasteiger partial charge on any atom is 0.191 e. The zero-order chi connectivity index (χ0) is 16.5. The van der Waals surface area contributed by atoms with Crippen LogP contribution in [0.4, 0.5) is 0 Å². The SMILES string of the molecule is CCSC1(CNC(=NC)NCCc2csc(C)n2)CCOCC1.I. The molecular formula is C16H29IN4OS2. The van der Waals surface area contributed by atoms with Crippen LogP contribution in [-0.4, -0.2) is 54.8 Å². The van der Waals surface area contributed by atoms with Crippen molar-refractivity contribution in [3.63, 3.8) is 0 Å². The number of thioether (sulfide) groups is 1. The van der Waals surface area contributed by atoms with Crippen LogP contribution < -0.4 is 10.6 Å². The molecular weight excluding hydrogens is 455 g/mol. The standard InChI is InChI=1S/C16H28N4OS2.HI/c1-4-23-16(6-9-21-10-7-16)12-19-15(17-3)18-8-5-14-11-22-13(2)20-14;/h11H,4-10,12H2,1-3H3,(H2,17,18,19);1H. The summed E-state index contributed by atoms with van der Waals surface area (Å²) in [5.74, 6) is 2.01. The lowest BCUT2D eigenvalue weighted by Crippen LogP contribution is -2.48. The van der Waals surface area contributed by atoms with Gasteiger partial charge >= 0.3 is 0 Å². The van der Waals surface area contributed by atoms with Gasteiger partial charge in [-0.25, -0.2) is 4.98 Å². The Kier molecular flexibility index (Phi) is 10.6. The molecule has 5 nitrogen and oxygen atoms in total. The number of nitrogens with zero attached hydrogens (tertiary/aromatic N) is 2. The minimum absolute atomic E-state index is 0. The molecule has 2 heterocycles. The zero-order valence-electron chi connectivity index (χ0n) is 14.8. The van der Waals surface area contributed by atoms with Gasteiger partial charge in [0.1, 0.15) is 0 Å². The van der Waals surface area contributed by atoms with Gasteiger partial charge in [0, 0.05) is 49.9 Å². The van der Waals surface area contributed by atoms with Crippen LogP contribution in [0.3, 0.4) is 0 Å². The van der Waals surface area contributed by atoms with Gasteiger partial charge in [-0.05, 0) is 25.5 Å². The number of hydrogen-bond donors (Lipinski definition) is 2. The number of aromatic nitrogens is 1. The van der Waals surface area contributed by atoms with Gasteiger partial charge in [-0.2, -0.15) is 11.8 Å². The first-order valence-corrected chi connectivity index (χ1v) is 10.1. The second-order valence-electron chi connectivity index (χ2n) is 5.69. The van der Waals surface area contributed by atoms with E-state index in [1.165, 1.54) is 0 Å². The summed E-state index contributed by atoms with van der Waals surface area (Å²) >= 11 is 3.75. The Morgan fingerprint density at radius 2 is 2.17 bits per heavy atom. The summed E-state index contributed by atoms with van der Waals surface area (Å²) in [6, 6.07) is 0. The summed E-state index contributed by atoms with van der Waals surface area (Å²) in [5, 5.41) is 10.1. The number of aryl methyl sites for hydroxylation is 1. The Bertz CT molecular complexity index is 499. The molecule has 8 heteroatoms. The van der Waals surface area contributed by atoms with E-state index in [1.54, 1.807) is 11.3 Å². The first-order chi connectivity index (χ1) is 11.2. The number of halogens is 1. The quantitative estimate of drug-likeness (QED) is 0.354. The fraction of sp³-hybridized carbons (Fsp3) is 0.750. The molecule has 0 aliphatic carbocycles. The molecule has 0 radical (unpaired) electrons. The molecule has 1 aromatic heterocycles. The van der Waals surface area contributed by atoms with Crippen LogP contribution >= 0.6 is 47.1 Å². The number of ether oxygens (including phenoxy) is 1. The molecule has 0 unspecified atom stereocenters. The summed E-state index contributed by atoms with van der Waals surface area (Å²) in [5.41, 5.74) is 1.15. The predicted octanol–water partition coefficient (Wildman–Crippen LogP) is 3.08. The van der Waals surface area contributed by atoms with Crippen LogP contribution in [0, 0.1) is 6.92 Å². The van der Waals surface area contributed by atoms with E-state index in [1.807, 2.05) is 25.7 Å². The molecule has 1 saturated heterocycles. The highest BCUT2D eigenvalue weighted by atomic mass is 127. The Hall–Kier alpha value is -0.0600. The topological polar surface area (TPSA) is 58.5 Å². The lowest BCUT2D eigenvalue weighted by atomic mass is 9.99. The average Bonchev–Trinajstić information content (AvgIpc) is 2.97. The van der Waals surface area contributed by atoms with Gasteiger partial charge in [0.2, 0.25) is 0 Å². The lowest BCUT2D eigenvalue weighted by Gasteiger charge is -2.37. The zero-order valence-corrected chi connectivity index (χ0v) is 18.7. The fourth-order valence-electron chi connectivity index (χ4n) is 2.72. The monoisotopic (exact) mass is 484 g/mol. The normalized spacial score (nSPS) is 17.2. The van der Waals surface area contributed by atoms with Crippen LogP contribution in [0.5, 0.6) is 0 Å². The van der Waals surface area contributed by atoms with Gasteiger partial charge < -0.3 is 15.4 Å². The number of guanidine groups is 1. The van der Waals surface area contributed by atoms with Crippen LogP contribution in [0.2, 0.25) is 0 Å². The second kappa shape index (κ2) is 11.5. The van der Waals surface area contributed by atoms with E-state index in [-0.39, 0.29) is 28.7 Å². The summed E-state index contributed by atoms with van der Waals surface area (Å²) < 4.78 is 5.80. The predicted molar refractivity (Wildman–Crippen MR) is 116 cm³/mol. The molecule has 0 atom stereocenters. The minimum Gasteiger partial charge on any atom is -0.381 e. The molecule has 2 N–H and O–H groups in total. The van der Waals surface area contributed by atoms with E-state index in [0.29, 0.717) is 0 Å². The third-order valence-corrected chi connectivity index (χ3v) is 6.27. The minimum atomic E-state index is 0. The Morgan fingerprint density at radius 1 is 1.42 bits per heavy atom. The highest BCUT2D eigenvalue weighted by Crippen LogP contribution is 2.34. The van der Waals surface area contributed by atoms with E-state index in [0.717, 1.165) is 68.0 Å². The molecule has 0 amide bonds. The summed E-state index contributed by atoms with van der Waals surface area (Å²) in [6.45, 7) is 7.78. The van der Waals surface area contributed by atoms with Crippen LogP contribution in [0.25, 0.3) is 0 Å². The van der Waals surface area contributed by atoms with Crippen molar-refractivity contribution in [3.05, 3.63) is 16.1 Å². The van der Waals surface area contributed by atoms with Gasteiger partial charge in [-0.15, -0.1) is 35.3 Å². The molecule has 0 aromatic carbocycles. The van der Waals surface area contributed by atoms with Crippen molar-refractivity contribution in [3.8, 4) is 0 Å². The molecule has 0 bridgehead atoms. The van der Waals surface area contributed by atoms with Gasteiger partial charge in [0.15, 0.2) is 5.96 Å². The highest BCUT2D eigenvalue weighted by molar-refractivity contribution is 14.0. The molecule has 1 aliphatic rings. The highest BCUT2D eigenvalue weighted by Gasteiger charge is 2.32. The molecule has 0 saturated carbocycles. The van der Waals surface area contributed by atoms with Crippen LogP contribution in [-0.2, 0) is 11.2 Å². The third kappa shape index (κ3) is 7.05. The van der Waals surface area contributed by atoms with Crippen molar-refractivity contribution in [1.29, 1.82) is 0 Å². The van der Waals surface area contributed by atoms with E-state index in [9.17, 15) is 0 Å². The van der Waals surface area contributed by atoms with Crippen molar-refractivity contribution < 1.29 is 4.74 Å². The average molecular weight is 484 g/mol. The summed E-state index contributed by atoms with van der Waals surface area (Å²) in [7, 11) is 1.83. The van der Waals surface area contributed by atoms with Crippen molar-refractivity contribution in [2.24, 2.45) is 4.99 Å². The summed E-state index contributed by atoms with van der Waals surface area (Å²) in [6.07, 6.45) is 3.13. The Labute approximate surface area is 170 Å². The molecule has 0 spiro atoms. The fourth-order valence-corrected chi connectivity index (χ4v) is 4.61. The molecule has 1 aliphatic heterocycles. The van der Waals surface area contributed by atoms with E-state index in [4.69, 9.17) is 4.74 Å². The van der Waals surface area contributed by atoms with Crippen molar-refractivity contribution in [2.45, 2.75) is 37.9 Å². The first-order valence-electron chi connectivity index (χ1n) is 8.25. The number of thiazole rings is 1. The Balaban J connectivity index is 0.00000288. The van der Waals surface area contributed by atoms with Crippen molar-refractivity contribution in [2.75, 3.05) is 39.1 Å². The Morgan fingerprint density at radius 3 is 2.75 bits per heavy atom. The summed E-state index contributed by atoms with van der Waals surface area (Å²) in [4.78, 5) is 8.83. The number of hydrogen-bond acceptors (Lipinski definition) is 5. The van der Waals surface area contributed by atoms with Gasteiger partial charge in [-0.3, -0.25) is 4.99 Å².